The van der Waals surface area contributed by atoms with Crippen molar-refractivity contribution in [3.63, 3.8) is 0 Å². The van der Waals surface area contributed by atoms with E-state index in [1.54, 1.807) is 0 Å². The third-order valence-electron chi connectivity index (χ3n) is 4.20. The maximum Gasteiger partial charge on any atom is 0.326 e. The van der Waals surface area contributed by atoms with Crippen molar-refractivity contribution in [2.24, 2.45) is 5.92 Å². The van der Waals surface area contributed by atoms with Crippen molar-refractivity contribution in [2.75, 3.05) is 13.7 Å². The number of hydrogen-bond donors (Lipinski definition) is 1. The van der Waals surface area contributed by atoms with Crippen LogP contribution in [0.1, 0.15) is 32.3 Å². The molecule has 1 N–H and O–H groups in total. The zero-order valence-corrected chi connectivity index (χ0v) is 13.1. The average Bonchev–Trinajstić information content (AvgIpc) is 2.53. The molecule has 1 fully saturated rings. The van der Waals surface area contributed by atoms with Crippen LogP contribution >= 0.6 is 0 Å². The summed E-state index contributed by atoms with van der Waals surface area (Å²) >= 11 is 0. The number of rotatable bonds is 5. The lowest BCUT2D eigenvalue weighted by Crippen LogP contribution is -2.58. The van der Waals surface area contributed by atoms with Crippen LogP contribution in [0.15, 0.2) is 30.3 Å². The van der Waals surface area contributed by atoms with Crippen molar-refractivity contribution >= 4 is 5.97 Å². The van der Waals surface area contributed by atoms with Gasteiger partial charge in [-0.05, 0) is 17.9 Å². The molecule has 2 unspecified atom stereocenters. The van der Waals surface area contributed by atoms with Crippen LogP contribution in [-0.2, 0) is 20.8 Å². The van der Waals surface area contributed by atoms with E-state index in [0.29, 0.717) is 31.9 Å². The number of methoxy groups -OCH3 is 1. The van der Waals surface area contributed by atoms with Crippen LogP contribution in [0.4, 0.5) is 0 Å². The largest absolute Gasteiger partial charge is 0.468 e. The summed E-state index contributed by atoms with van der Waals surface area (Å²) in [5.41, 5.74) is 0.519. The van der Waals surface area contributed by atoms with E-state index in [0.717, 1.165) is 5.56 Å². The van der Waals surface area contributed by atoms with Crippen molar-refractivity contribution in [3.8, 4) is 0 Å². The molecule has 2 atom stereocenters. The number of carbonyl (C=O) groups is 1. The Morgan fingerprint density at radius 2 is 2.14 bits per heavy atom. The predicted molar refractivity (Wildman–Crippen MR) is 81.8 cm³/mol. The molecule has 0 saturated carbocycles. The van der Waals surface area contributed by atoms with Gasteiger partial charge in [-0.15, -0.1) is 0 Å². The fourth-order valence-electron chi connectivity index (χ4n) is 2.80. The third kappa shape index (κ3) is 3.83. The summed E-state index contributed by atoms with van der Waals surface area (Å²) in [5.74, 6) is 0.195. The van der Waals surface area contributed by atoms with Crippen LogP contribution in [0.2, 0.25) is 0 Å². The van der Waals surface area contributed by atoms with Gasteiger partial charge in [0.25, 0.3) is 0 Å². The summed E-state index contributed by atoms with van der Waals surface area (Å²) in [4.78, 5) is 12.3. The Balaban J connectivity index is 2.11. The lowest BCUT2D eigenvalue weighted by molar-refractivity contribution is -0.157. The molecule has 1 aliphatic heterocycles. The zero-order chi connectivity index (χ0) is 15.3. The standard InChI is InChI=1S/C17H25NO3/c1-13(2)15-11-17(9-10-21-15,16(19)20-3)18-12-14-7-5-4-6-8-14/h4-8,13,15,18H,9-12H2,1-3H3. The molecule has 1 aromatic carbocycles. The number of hydrogen-bond acceptors (Lipinski definition) is 4. The minimum Gasteiger partial charge on any atom is -0.468 e. The average molecular weight is 291 g/mol. The summed E-state index contributed by atoms with van der Waals surface area (Å²) in [6, 6.07) is 10.1. The van der Waals surface area contributed by atoms with Gasteiger partial charge in [-0.1, -0.05) is 44.2 Å². The molecule has 4 nitrogen and oxygen atoms in total. The maximum atomic E-state index is 12.3. The molecule has 116 valence electrons. The van der Waals surface area contributed by atoms with Gasteiger partial charge in [-0.2, -0.15) is 0 Å². The van der Waals surface area contributed by atoms with E-state index in [-0.39, 0.29) is 12.1 Å². The molecular weight excluding hydrogens is 266 g/mol. The predicted octanol–water partition coefficient (Wildman–Crippen LogP) is 2.52. The Labute approximate surface area is 126 Å². The maximum absolute atomic E-state index is 12.3. The van der Waals surface area contributed by atoms with E-state index in [4.69, 9.17) is 9.47 Å². The molecule has 0 spiro atoms. The molecule has 1 saturated heterocycles. The van der Waals surface area contributed by atoms with E-state index < -0.39 is 5.54 Å². The van der Waals surface area contributed by atoms with Crippen LogP contribution in [-0.4, -0.2) is 31.3 Å². The number of nitrogens with one attached hydrogen (secondary N) is 1. The van der Waals surface area contributed by atoms with Gasteiger partial charge < -0.3 is 9.47 Å². The molecule has 0 aromatic heterocycles. The Kier molecular flexibility index (Phi) is 5.37. The molecule has 0 amide bonds. The molecule has 2 rings (SSSR count). The van der Waals surface area contributed by atoms with Gasteiger partial charge in [0.15, 0.2) is 0 Å². The van der Waals surface area contributed by atoms with E-state index in [1.165, 1.54) is 7.11 Å². The van der Waals surface area contributed by atoms with Gasteiger partial charge in [0.2, 0.25) is 0 Å². The van der Waals surface area contributed by atoms with Crippen LogP contribution in [0.25, 0.3) is 0 Å². The molecule has 1 heterocycles. The first-order valence-electron chi connectivity index (χ1n) is 7.56. The summed E-state index contributed by atoms with van der Waals surface area (Å²) in [7, 11) is 1.45. The van der Waals surface area contributed by atoms with Crippen LogP contribution in [0, 0.1) is 5.92 Å². The second-order valence-corrected chi connectivity index (χ2v) is 6.02. The second-order valence-electron chi connectivity index (χ2n) is 6.02. The van der Waals surface area contributed by atoms with E-state index in [2.05, 4.69) is 31.3 Å². The van der Waals surface area contributed by atoms with Crippen molar-refractivity contribution in [2.45, 2.75) is 44.9 Å². The molecule has 0 aliphatic carbocycles. The third-order valence-corrected chi connectivity index (χ3v) is 4.20. The van der Waals surface area contributed by atoms with Crippen LogP contribution < -0.4 is 5.32 Å². The molecule has 21 heavy (non-hydrogen) atoms. The molecule has 0 bridgehead atoms. The summed E-state index contributed by atoms with van der Waals surface area (Å²) < 4.78 is 10.8. The highest BCUT2D eigenvalue weighted by Gasteiger charge is 2.44. The lowest BCUT2D eigenvalue weighted by atomic mass is 9.83. The topological polar surface area (TPSA) is 47.6 Å². The summed E-state index contributed by atoms with van der Waals surface area (Å²) in [6.07, 6.45) is 1.39. The quantitative estimate of drug-likeness (QED) is 0.847. The van der Waals surface area contributed by atoms with Gasteiger partial charge in [-0.25, -0.2) is 0 Å². The molecular formula is C17H25NO3. The Bertz CT molecular complexity index is 460. The van der Waals surface area contributed by atoms with Gasteiger partial charge in [0.1, 0.15) is 5.54 Å². The highest BCUT2D eigenvalue weighted by molar-refractivity contribution is 5.81. The molecule has 1 aliphatic rings. The number of esters is 1. The van der Waals surface area contributed by atoms with Crippen LogP contribution in [0.3, 0.4) is 0 Å². The summed E-state index contributed by atoms with van der Waals surface area (Å²) in [6.45, 7) is 5.48. The van der Waals surface area contributed by atoms with Gasteiger partial charge in [-0.3, -0.25) is 10.1 Å². The van der Waals surface area contributed by atoms with Crippen molar-refractivity contribution in [1.29, 1.82) is 0 Å². The normalized spacial score (nSPS) is 25.8. The smallest absolute Gasteiger partial charge is 0.326 e. The van der Waals surface area contributed by atoms with E-state index >= 15 is 0 Å². The molecule has 4 heteroatoms. The van der Waals surface area contributed by atoms with Crippen molar-refractivity contribution in [3.05, 3.63) is 35.9 Å². The Morgan fingerprint density at radius 3 is 2.76 bits per heavy atom. The SMILES string of the molecule is COC(=O)C1(NCc2ccccc2)CCOC(C(C)C)C1. The van der Waals surface area contributed by atoms with E-state index in [9.17, 15) is 4.79 Å². The number of carbonyl (C=O) groups excluding carboxylic acids is 1. The minimum atomic E-state index is -0.641. The van der Waals surface area contributed by atoms with E-state index in [1.807, 2.05) is 18.2 Å². The highest BCUT2D eigenvalue weighted by atomic mass is 16.5. The summed E-state index contributed by atoms with van der Waals surface area (Å²) in [5, 5.41) is 3.43. The Hall–Kier alpha value is -1.39. The first kappa shape index (κ1) is 16.0. The minimum absolute atomic E-state index is 0.0844. The van der Waals surface area contributed by atoms with Crippen LogP contribution in [0.5, 0.6) is 0 Å². The number of ether oxygens (including phenoxy) is 2. The second kappa shape index (κ2) is 7.05. The number of benzene rings is 1. The fourth-order valence-corrected chi connectivity index (χ4v) is 2.80. The lowest BCUT2D eigenvalue weighted by Gasteiger charge is -2.40. The first-order valence-corrected chi connectivity index (χ1v) is 7.56. The van der Waals surface area contributed by atoms with Gasteiger partial charge >= 0.3 is 5.97 Å². The van der Waals surface area contributed by atoms with Gasteiger partial charge in [0, 0.05) is 19.6 Å². The first-order chi connectivity index (χ1) is 10.1. The molecule has 0 radical (unpaired) electrons. The Morgan fingerprint density at radius 1 is 1.43 bits per heavy atom. The van der Waals surface area contributed by atoms with Crippen molar-refractivity contribution in [1.82, 2.24) is 5.32 Å². The molecule has 1 aromatic rings. The van der Waals surface area contributed by atoms with Crippen molar-refractivity contribution < 1.29 is 14.3 Å². The zero-order valence-electron chi connectivity index (χ0n) is 13.1. The highest BCUT2D eigenvalue weighted by Crippen LogP contribution is 2.30. The fraction of sp³-hybridized carbons (Fsp3) is 0.588. The monoisotopic (exact) mass is 291 g/mol. The van der Waals surface area contributed by atoms with Gasteiger partial charge in [0.05, 0.1) is 13.2 Å².